The van der Waals surface area contributed by atoms with Crippen LogP contribution in [-0.4, -0.2) is 21.6 Å². The van der Waals surface area contributed by atoms with E-state index in [0.29, 0.717) is 11.7 Å². The lowest BCUT2D eigenvalue weighted by molar-refractivity contribution is 0.589. The number of fused-ring (bicyclic) bond motifs is 1. The maximum absolute atomic E-state index is 4.85. The van der Waals surface area contributed by atoms with Gasteiger partial charge in [-0.2, -0.15) is 0 Å². The highest BCUT2D eigenvalue weighted by atomic mass is 15.1. The first-order chi connectivity index (χ1) is 15.0. The zero-order valence-corrected chi connectivity index (χ0v) is 20.0. The molecule has 1 N–H and O–H groups in total. The molecule has 0 amide bonds. The van der Waals surface area contributed by atoms with E-state index in [1.54, 1.807) is 0 Å². The van der Waals surface area contributed by atoms with Gasteiger partial charge in [0.25, 0.3) is 0 Å². The summed E-state index contributed by atoms with van der Waals surface area (Å²) in [5.41, 5.74) is 5.67. The van der Waals surface area contributed by atoms with Crippen LogP contribution in [0.4, 0.5) is 11.6 Å². The Hall–Kier alpha value is -3.34. The number of hydrogen-bond acceptors (Lipinski definition) is 4. The van der Waals surface area contributed by atoms with Gasteiger partial charge < -0.3 is 5.32 Å². The maximum Gasteiger partial charge on any atom is 0.164 e. The molecule has 3 heterocycles. The molecule has 3 aromatic rings. The number of aromatic nitrogens is 2. The smallest absolute Gasteiger partial charge is 0.164 e. The Morgan fingerprint density at radius 2 is 1.41 bits per heavy atom. The lowest BCUT2D eigenvalue weighted by atomic mass is 9.88. The van der Waals surface area contributed by atoms with E-state index in [4.69, 9.17) is 9.98 Å². The molecule has 5 nitrogen and oxygen atoms in total. The second-order valence-electron chi connectivity index (χ2n) is 10.4. The highest BCUT2D eigenvalue weighted by Crippen LogP contribution is 2.28. The summed E-state index contributed by atoms with van der Waals surface area (Å²) < 4.78 is 0. The van der Waals surface area contributed by atoms with Crippen LogP contribution in [0.3, 0.4) is 0 Å². The van der Waals surface area contributed by atoms with Gasteiger partial charge in [-0.05, 0) is 59.2 Å². The summed E-state index contributed by atoms with van der Waals surface area (Å²) in [6.45, 7) is 15.2. The van der Waals surface area contributed by atoms with Crippen molar-refractivity contribution in [3.63, 3.8) is 0 Å². The van der Waals surface area contributed by atoms with Crippen LogP contribution in [0, 0.1) is 6.92 Å². The average Bonchev–Trinajstić information content (AvgIpc) is 3.03. The third-order valence-corrected chi connectivity index (χ3v) is 5.59. The quantitative estimate of drug-likeness (QED) is 0.522. The van der Waals surface area contributed by atoms with Crippen molar-refractivity contribution in [3.05, 3.63) is 82.7 Å². The molecular weight excluding hydrogens is 394 g/mol. The van der Waals surface area contributed by atoms with Gasteiger partial charge in [0.2, 0.25) is 0 Å². The minimum atomic E-state index is 0.0295. The molecule has 0 aliphatic carbocycles. The first kappa shape index (κ1) is 21.9. The lowest BCUT2D eigenvalue weighted by Gasteiger charge is -2.19. The van der Waals surface area contributed by atoms with Crippen molar-refractivity contribution in [1.29, 1.82) is 0 Å². The molecular formula is C27H31N5. The van der Waals surface area contributed by atoms with Gasteiger partial charge in [0.05, 0.1) is 0 Å². The molecule has 0 saturated carbocycles. The van der Waals surface area contributed by atoms with Gasteiger partial charge >= 0.3 is 0 Å². The summed E-state index contributed by atoms with van der Waals surface area (Å²) in [4.78, 5) is 18.6. The highest BCUT2D eigenvalue weighted by Gasteiger charge is 2.23. The van der Waals surface area contributed by atoms with Crippen LogP contribution in [-0.2, 0) is 10.8 Å². The number of aliphatic imine (C=N–C) groups is 2. The number of hydrogen-bond donors (Lipinski definition) is 1. The number of pyridine rings is 2. The fourth-order valence-corrected chi connectivity index (χ4v) is 3.60. The molecule has 164 valence electrons. The van der Waals surface area contributed by atoms with Crippen molar-refractivity contribution in [2.24, 2.45) is 9.98 Å². The third kappa shape index (κ3) is 4.62. The van der Waals surface area contributed by atoms with Gasteiger partial charge in [-0.15, -0.1) is 0 Å². The number of benzene rings is 1. The molecule has 0 saturated heterocycles. The zero-order chi connectivity index (χ0) is 23.1. The van der Waals surface area contributed by atoms with Crippen LogP contribution in [0.2, 0.25) is 0 Å². The molecule has 32 heavy (non-hydrogen) atoms. The van der Waals surface area contributed by atoms with Crippen molar-refractivity contribution in [2.45, 2.75) is 59.3 Å². The molecule has 0 radical (unpaired) electrons. The Morgan fingerprint density at radius 1 is 0.750 bits per heavy atom. The zero-order valence-electron chi connectivity index (χ0n) is 20.0. The molecule has 2 aromatic heterocycles. The predicted molar refractivity (Wildman–Crippen MR) is 133 cm³/mol. The number of rotatable bonds is 2. The summed E-state index contributed by atoms with van der Waals surface area (Å²) in [5.74, 6) is 2.86. The minimum Gasteiger partial charge on any atom is -0.324 e. The fraction of sp³-hybridized carbons (Fsp3) is 0.333. The van der Waals surface area contributed by atoms with Crippen molar-refractivity contribution >= 4 is 23.3 Å². The van der Waals surface area contributed by atoms with Crippen molar-refractivity contribution in [1.82, 2.24) is 9.97 Å². The normalized spacial score (nSPS) is 15.0. The van der Waals surface area contributed by atoms with Crippen LogP contribution < -0.4 is 5.32 Å². The molecule has 0 bridgehead atoms. The molecule has 5 heteroatoms. The van der Waals surface area contributed by atoms with Gasteiger partial charge in [-0.1, -0.05) is 59.2 Å². The summed E-state index contributed by atoms with van der Waals surface area (Å²) in [5, 5.41) is 3.42. The van der Waals surface area contributed by atoms with Gasteiger partial charge in [-0.25, -0.2) is 20.0 Å². The molecule has 1 aliphatic heterocycles. The van der Waals surface area contributed by atoms with Crippen LogP contribution in [0.1, 0.15) is 69.4 Å². The highest BCUT2D eigenvalue weighted by molar-refractivity contribution is 6.26. The first-order valence-corrected chi connectivity index (χ1v) is 11.0. The predicted octanol–water partition coefficient (Wildman–Crippen LogP) is 6.33. The number of nitrogens with one attached hydrogen (secondary N) is 1. The van der Waals surface area contributed by atoms with Crippen LogP contribution in [0.25, 0.3) is 0 Å². The Kier molecular flexibility index (Phi) is 5.45. The monoisotopic (exact) mass is 425 g/mol. The van der Waals surface area contributed by atoms with E-state index < -0.39 is 0 Å². The Balaban J connectivity index is 1.74. The van der Waals surface area contributed by atoms with E-state index in [-0.39, 0.29) is 10.8 Å². The molecule has 4 rings (SSSR count). The fourth-order valence-electron chi connectivity index (χ4n) is 3.60. The second kappa shape index (κ2) is 7.97. The average molecular weight is 426 g/mol. The SMILES string of the molecule is Cc1ccc2c(c1)C(=Nc1cc(C(C)(C)C)ccn1)N=C2Nc1cc(C(C)(C)C)ccn1. The summed E-state index contributed by atoms with van der Waals surface area (Å²) >= 11 is 0. The number of aryl methyl sites for hydroxylation is 1. The molecule has 0 unspecified atom stereocenters. The van der Waals surface area contributed by atoms with Gasteiger partial charge in [-0.3, -0.25) is 0 Å². The summed E-state index contributed by atoms with van der Waals surface area (Å²) in [7, 11) is 0. The Bertz CT molecular complexity index is 1220. The van der Waals surface area contributed by atoms with E-state index in [0.717, 1.165) is 28.3 Å². The Labute approximate surface area is 190 Å². The van der Waals surface area contributed by atoms with E-state index in [2.05, 4.69) is 94.1 Å². The van der Waals surface area contributed by atoms with Crippen molar-refractivity contribution in [2.75, 3.05) is 5.32 Å². The molecule has 1 aliphatic rings. The summed E-state index contributed by atoms with van der Waals surface area (Å²) in [6, 6.07) is 14.5. The standard InChI is InChI=1S/C27H31N5/c1-17-8-9-20-21(14-17)25(31-23-16-19(11-13-29-23)27(5,6)7)32-24(20)30-22-15-18(10-12-28-22)26(2,3)4/h8-16H,1-7H3,(H,28,29,30,31,32). The topological polar surface area (TPSA) is 62.5 Å². The van der Waals surface area contributed by atoms with Crippen LogP contribution >= 0.6 is 0 Å². The van der Waals surface area contributed by atoms with Gasteiger partial charge in [0, 0.05) is 23.5 Å². The number of anilines is 1. The van der Waals surface area contributed by atoms with Crippen molar-refractivity contribution < 1.29 is 0 Å². The van der Waals surface area contributed by atoms with Gasteiger partial charge in [0.15, 0.2) is 11.7 Å². The molecule has 0 fully saturated rings. The third-order valence-electron chi connectivity index (χ3n) is 5.59. The Morgan fingerprint density at radius 3 is 2.09 bits per heavy atom. The molecule has 0 atom stereocenters. The number of amidine groups is 2. The van der Waals surface area contributed by atoms with Gasteiger partial charge in [0.1, 0.15) is 11.7 Å². The van der Waals surface area contributed by atoms with Crippen molar-refractivity contribution in [3.8, 4) is 0 Å². The van der Waals surface area contributed by atoms with E-state index >= 15 is 0 Å². The number of nitrogens with zero attached hydrogens (tertiary/aromatic N) is 4. The van der Waals surface area contributed by atoms with Crippen LogP contribution in [0.5, 0.6) is 0 Å². The molecule has 0 spiro atoms. The maximum atomic E-state index is 4.85. The van der Waals surface area contributed by atoms with E-state index in [1.807, 2.05) is 24.5 Å². The van der Waals surface area contributed by atoms with Crippen LogP contribution in [0.15, 0.2) is 64.8 Å². The minimum absolute atomic E-state index is 0.0295. The largest absolute Gasteiger partial charge is 0.324 e. The molecule has 1 aromatic carbocycles. The lowest BCUT2D eigenvalue weighted by Crippen LogP contribution is -2.15. The van der Waals surface area contributed by atoms with E-state index in [9.17, 15) is 0 Å². The first-order valence-electron chi connectivity index (χ1n) is 11.0. The van der Waals surface area contributed by atoms with E-state index in [1.165, 1.54) is 11.1 Å². The second-order valence-corrected chi connectivity index (χ2v) is 10.4. The summed E-state index contributed by atoms with van der Waals surface area (Å²) in [6.07, 6.45) is 3.66.